The van der Waals surface area contributed by atoms with Gasteiger partial charge in [-0.15, -0.1) is 0 Å². The summed E-state index contributed by atoms with van der Waals surface area (Å²) in [5.74, 6) is -0.604. The van der Waals surface area contributed by atoms with Gasteiger partial charge in [0, 0.05) is 38.2 Å². The molecule has 148 valence electrons. The van der Waals surface area contributed by atoms with Crippen molar-refractivity contribution in [1.29, 1.82) is 0 Å². The third-order valence-corrected chi connectivity index (χ3v) is 5.78. The highest BCUT2D eigenvalue weighted by atomic mass is 32.2. The minimum Gasteiger partial charge on any atom is -0.340 e. The number of amides is 2. The minimum absolute atomic E-state index is 0.234. The van der Waals surface area contributed by atoms with Crippen molar-refractivity contribution in [2.45, 2.75) is 25.3 Å². The summed E-state index contributed by atoms with van der Waals surface area (Å²) in [7, 11) is -3.28. The molecule has 0 aromatic heterocycles. The molecule has 9 heteroatoms. The lowest BCUT2D eigenvalue weighted by molar-refractivity contribution is -0.134. The smallest absolute Gasteiger partial charge is 0.251 e. The van der Waals surface area contributed by atoms with Gasteiger partial charge in [-0.25, -0.2) is 8.42 Å². The van der Waals surface area contributed by atoms with Crippen molar-refractivity contribution in [3.63, 3.8) is 0 Å². The van der Waals surface area contributed by atoms with Crippen molar-refractivity contribution in [3.05, 3.63) is 35.9 Å². The van der Waals surface area contributed by atoms with Crippen molar-refractivity contribution >= 4 is 28.1 Å². The van der Waals surface area contributed by atoms with Crippen molar-refractivity contribution in [3.8, 4) is 0 Å². The third-order valence-electron chi connectivity index (χ3n) is 4.47. The topological polar surface area (TPSA) is 104 Å². The van der Waals surface area contributed by atoms with Gasteiger partial charge in [-0.05, 0) is 25.0 Å². The van der Waals surface area contributed by atoms with E-state index in [4.69, 9.17) is 0 Å². The summed E-state index contributed by atoms with van der Waals surface area (Å²) in [6, 6.07) is 7.85. The largest absolute Gasteiger partial charge is 0.340 e. The van der Waals surface area contributed by atoms with Gasteiger partial charge in [-0.2, -0.15) is 4.31 Å². The molecule has 1 aliphatic rings. The van der Waals surface area contributed by atoms with Crippen LogP contribution in [0.2, 0.25) is 0 Å². The van der Waals surface area contributed by atoms with E-state index in [1.54, 1.807) is 35.2 Å². The zero-order chi connectivity index (χ0) is 19.9. The van der Waals surface area contributed by atoms with Gasteiger partial charge in [-0.3, -0.25) is 9.59 Å². The van der Waals surface area contributed by atoms with Crippen LogP contribution in [0, 0.1) is 0 Å². The number of hydrogen-bond acceptors (Lipinski definition) is 5. The first-order valence-electron chi connectivity index (χ1n) is 8.86. The molecule has 0 radical (unpaired) electrons. The fourth-order valence-electron chi connectivity index (χ4n) is 2.95. The van der Waals surface area contributed by atoms with Gasteiger partial charge >= 0.3 is 0 Å². The molecule has 27 heavy (non-hydrogen) atoms. The molecule has 1 aromatic rings. The summed E-state index contributed by atoms with van der Waals surface area (Å²) in [6.45, 7) is 1.02. The first-order chi connectivity index (χ1) is 12.8. The number of sulfonamides is 1. The van der Waals surface area contributed by atoms with Gasteiger partial charge in [0.15, 0.2) is 0 Å². The van der Waals surface area contributed by atoms with E-state index in [1.165, 1.54) is 4.31 Å². The Morgan fingerprint density at radius 3 is 2.33 bits per heavy atom. The van der Waals surface area contributed by atoms with Crippen LogP contribution in [0.5, 0.6) is 0 Å². The van der Waals surface area contributed by atoms with Crippen LogP contribution in [0.1, 0.15) is 29.6 Å². The summed E-state index contributed by atoms with van der Waals surface area (Å²) in [6.07, 6.45) is 3.08. The highest BCUT2D eigenvalue weighted by Crippen LogP contribution is 2.11. The fraction of sp³-hybridized carbons (Fsp3) is 0.500. The van der Waals surface area contributed by atoms with Gasteiger partial charge in [0.25, 0.3) is 5.91 Å². The standard InChI is InChI=1S/C18H25N3O5S/c1-27(25,26)21-12-10-20(11-13-21)18(24)16(9-5-6-14-22)19-17(23)15-7-3-2-4-8-15/h2-4,7-8,14,16H,5-6,9-13H2,1H3,(H,19,23). The number of rotatable bonds is 8. The Labute approximate surface area is 159 Å². The van der Waals surface area contributed by atoms with E-state index < -0.39 is 16.1 Å². The van der Waals surface area contributed by atoms with Crippen LogP contribution < -0.4 is 5.32 Å². The Kier molecular flexibility index (Phi) is 7.49. The molecule has 0 bridgehead atoms. The average Bonchev–Trinajstić information content (AvgIpc) is 2.67. The normalized spacial score (nSPS) is 16.6. The number of benzene rings is 1. The number of nitrogens with one attached hydrogen (secondary N) is 1. The van der Waals surface area contributed by atoms with Gasteiger partial charge in [-0.1, -0.05) is 18.2 Å². The van der Waals surface area contributed by atoms with E-state index in [-0.39, 0.29) is 38.0 Å². The van der Waals surface area contributed by atoms with Crippen molar-refractivity contribution in [1.82, 2.24) is 14.5 Å². The molecule has 1 fully saturated rings. The maximum Gasteiger partial charge on any atom is 0.251 e. The predicted molar refractivity (Wildman–Crippen MR) is 101 cm³/mol. The maximum absolute atomic E-state index is 12.9. The second kappa shape index (κ2) is 9.61. The summed E-state index contributed by atoms with van der Waals surface area (Å²) in [4.78, 5) is 37.4. The van der Waals surface area contributed by atoms with Crippen molar-refractivity contribution in [2.24, 2.45) is 0 Å². The average molecular weight is 395 g/mol. The van der Waals surface area contributed by atoms with Crippen molar-refractivity contribution in [2.75, 3.05) is 32.4 Å². The molecule has 1 heterocycles. The van der Waals surface area contributed by atoms with E-state index in [2.05, 4.69) is 5.32 Å². The molecule has 0 aliphatic carbocycles. The van der Waals surface area contributed by atoms with Crippen LogP contribution in [0.25, 0.3) is 0 Å². The van der Waals surface area contributed by atoms with Crippen LogP contribution in [-0.2, 0) is 19.6 Å². The molecular weight excluding hydrogens is 370 g/mol. The first kappa shape index (κ1) is 21.0. The van der Waals surface area contributed by atoms with Gasteiger partial charge in [0.2, 0.25) is 15.9 Å². The molecule has 2 amide bonds. The summed E-state index contributed by atoms with van der Waals surface area (Å²) in [5, 5.41) is 2.75. The van der Waals surface area contributed by atoms with E-state index in [0.717, 1.165) is 12.5 Å². The monoisotopic (exact) mass is 395 g/mol. The summed E-state index contributed by atoms with van der Waals surface area (Å²) < 4.78 is 24.5. The second-order valence-corrected chi connectivity index (χ2v) is 8.46. The molecule has 0 spiro atoms. The first-order valence-corrected chi connectivity index (χ1v) is 10.7. The molecular formula is C18H25N3O5S. The zero-order valence-corrected chi connectivity index (χ0v) is 16.2. The SMILES string of the molecule is CS(=O)(=O)N1CCN(C(=O)C(CCCC=O)NC(=O)c2ccccc2)CC1. The number of carbonyl (C=O) groups is 3. The van der Waals surface area contributed by atoms with Crippen LogP contribution in [0.15, 0.2) is 30.3 Å². The van der Waals surface area contributed by atoms with Crippen LogP contribution >= 0.6 is 0 Å². The van der Waals surface area contributed by atoms with Gasteiger partial charge in [0.05, 0.1) is 6.26 Å². The summed E-state index contributed by atoms with van der Waals surface area (Å²) >= 11 is 0. The Morgan fingerprint density at radius 1 is 1.15 bits per heavy atom. The molecule has 1 unspecified atom stereocenters. The molecule has 1 aliphatic heterocycles. The Bertz CT molecular complexity index is 758. The number of carbonyl (C=O) groups excluding carboxylic acids is 3. The van der Waals surface area contributed by atoms with Gasteiger partial charge in [0.1, 0.15) is 12.3 Å². The molecule has 0 saturated carbocycles. The van der Waals surface area contributed by atoms with Crippen LogP contribution in [0.4, 0.5) is 0 Å². The number of hydrogen-bond donors (Lipinski definition) is 1. The molecule has 1 atom stereocenters. The van der Waals surface area contributed by atoms with Crippen LogP contribution in [0.3, 0.4) is 0 Å². The Hall–Kier alpha value is -2.26. The van der Waals surface area contributed by atoms with E-state index in [9.17, 15) is 22.8 Å². The van der Waals surface area contributed by atoms with E-state index in [0.29, 0.717) is 24.8 Å². The van der Waals surface area contributed by atoms with E-state index in [1.807, 2.05) is 0 Å². The zero-order valence-electron chi connectivity index (χ0n) is 15.3. The number of piperazine rings is 1. The number of aldehydes is 1. The Balaban J connectivity index is 2.03. The second-order valence-electron chi connectivity index (χ2n) is 6.48. The fourth-order valence-corrected chi connectivity index (χ4v) is 3.78. The molecule has 1 saturated heterocycles. The number of unbranched alkanes of at least 4 members (excludes halogenated alkanes) is 1. The lowest BCUT2D eigenvalue weighted by Crippen LogP contribution is -2.55. The quantitative estimate of drug-likeness (QED) is 0.502. The lowest BCUT2D eigenvalue weighted by atomic mass is 10.1. The highest BCUT2D eigenvalue weighted by Gasteiger charge is 2.30. The van der Waals surface area contributed by atoms with Crippen LogP contribution in [-0.4, -0.2) is 74.2 Å². The predicted octanol–water partition coefficient (Wildman–Crippen LogP) is 0.258. The molecule has 8 nitrogen and oxygen atoms in total. The Morgan fingerprint density at radius 2 is 1.78 bits per heavy atom. The summed E-state index contributed by atoms with van der Waals surface area (Å²) in [5.41, 5.74) is 0.451. The molecule has 1 aromatic carbocycles. The molecule has 2 rings (SSSR count). The number of nitrogens with zero attached hydrogens (tertiary/aromatic N) is 2. The van der Waals surface area contributed by atoms with Crippen molar-refractivity contribution < 1.29 is 22.8 Å². The van der Waals surface area contributed by atoms with E-state index >= 15 is 0 Å². The minimum atomic E-state index is -3.28. The third kappa shape index (κ3) is 6.14. The lowest BCUT2D eigenvalue weighted by Gasteiger charge is -2.35. The van der Waals surface area contributed by atoms with Gasteiger partial charge < -0.3 is 15.0 Å². The maximum atomic E-state index is 12.9. The molecule has 1 N–H and O–H groups in total. The highest BCUT2D eigenvalue weighted by molar-refractivity contribution is 7.88.